The molecule has 140 valence electrons. The Morgan fingerprint density at radius 2 is 1.69 bits per heavy atom. The summed E-state index contributed by atoms with van der Waals surface area (Å²) in [7, 11) is 3.17. The highest BCUT2D eigenvalue weighted by molar-refractivity contribution is 5.74. The number of aromatic hydroxyl groups is 1. The van der Waals surface area contributed by atoms with Crippen LogP contribution < -0.4 is 20.1 Å². The molecule has 0 heterocycles. The van der Waals surface area contributed by atoms with Gasteiger partial charge in [0.25, 0.3) is 0 Å². The lowest BCUT2D eigenvalue weighted by atomic mass is 10.1. The Bertz CT molecular complexity index is 716. The van der Waals surface area contributed by atoms with Gasteiger partial charge in [-0.15, -0.1) is 0 Å². The van der Waals surface area contributed by atoms with Crippen molar-refractivity contribution in [2.45, 2.75) is 32.4 Å². The van der Waals surface area contributed by atoms with Crippen LogP contribution in [0.2, 0.25) is 0 Å². The smallest absolute Gasteiger partial charge is 0.315 e. The molecule has 0 spiro atoms. The van der Waals surface area contributed by atoms with E-state index in [1.54, 1.807) is 26.4 Å². The number of hydrogen-bond donors (Lipinski definition) is 3. The van der Waals surface area contributed by atoms with Crippen LogP contribution in [-0.2, 0) is 13.0 Å². The number of carbonyl (C=O) groups is 1. The van der Waals surface area contributed by atoms with Crippen LogP contribution in [0.25, 0.3) is 0 Å². The lowest BCUT2D eigenvalue weighted by Gasteiger charge is -2.15. The maximum atomic E-state index is 12.0. The number of aryl methyl sites for hydroxylation is 1. The van der Waals surface area contributed by atoms with Crippen molar-refractivity contribution in [2.24, 2.45) is 0 Å². The predicted octanol–water partition coefficient (Wildman–Crippen LogP) is 3.23. The topological polar surface area (TPSA) is 79.8 Å². The SMILES string of the molecule is COc1ccc(CNC(=O)N[C@@H](C)CCc2ccc(O)cc2)cc1OC. The van der Waals surface area contributed by atoms with E-state index in [4.69, 9.17) is 9.47 Å². The molecule has 26 heavy (non-hydrogen) atoms. The van der Waals surface area contributed by atoms with Gasteiger partial charge >= 0.3 is 6.03 Å². The summed E-state index contributed by atoms with van der Waals surface area (Å²) in [5.41, 5.74) is 2.05. The van der Waals surface area contributed by atoms with Gasteiger partial charge in [-0.2, -0.15) is 0 Å². The molecule has 6 nitrogen and oxygen atoms in total. The fraction of sp³-hybridized carbons (Fsp3) is 0.350. The summed E-state index contributed by atoms with van der Waals surface area (Å²) in [6.45, 7) is 2.37. The largest absolute Gasteiger partial charge is 0.508 e. The molecule has 2 aromatic carbocycles. The summed E-state index contributed by atoms with van der Waals surface area (Å²) in [6, 6.07) is 12.5. The van der Waals surface area contributed by atoms with Crippen molar-refractivity contribution in [2.75, 3.05) is 14.2 Å². The second-order valence-corrected chi connectivity index (χ2v) is 6.12. The number of hydrogen-bond acceptors (Lipinski definition) is 4. The fourth-order valence-corrected chi connectivity index (χ4v) is 2.57. The number of urea groups is 1. The van der Waals surface area contributed by atoms with E-state index in [1.807, 2.05) is 37.3 Å². The molecule has 0 aromatic heterocycles. The van der Waals surface area contributed by atoms with Crippen molar-refractivity contribution in [3.8, 4) is 17.2 Å². The third-order valence-corrected chi connectivity index (χ3v) is 4.08. The van der Waals surface area contributed by atoms with Gasteiger partial charge in [-0.3, -0.25) is 0 Å². The van der Waals surface area contributed by atoms with Gasteiger partial charge in [0.2, 0.25) is 0 Å². The molecular formula is C20H26N2O4. The molecule has 0 bridgehead atoms. The van der Waals surface area contributed by atoms with Crippen LogP contribution in [0.4, 0.5) is 4.79 Å². The first-order chi connectivity index (χ1) is 12.5. The average Bonchev–Trinajstić information content (AvgIpc) is 2.65. The van der Waals surface area contributed by atoms with Gasteiger partial charge < -0.3 is 25.2 Å². The van der Waals surface area contributed by atoms with Crippen LogP contribution >= 0.6 is 0 Å². The first kappa shape index (κ1) is 19.4. The molecule has 0 fully saturated rings. The predicted molar refractivity (Wildman–Crippen MR) is 101 cm³/mol. The van der Waals surface area contributed by atoms with Crippen molar-refractivity contribution in [1.29, 1.82) is 0 Å². The van der Waals surface area contributed by atoms with Gasteiger partial charge in [-0.25, -0.2) is 4.79 Å². The molecule has 6 heteroatoms. The summed E-state index contributed by atoms with van der Waals surface area (Å²) < 4.78 is 10.5. The number of amides is 2. The molecule has 0 unspecified atom stereocenters. The van der Waals surface area contributed by atoms with E-state index in [1.165, 1.54) is 0 Å². The molecule has 0 radical (unpaired) electrons. The van der Waals surface area contributed by atoms with Crippen molar-refractivity contribution < 1.29 is 19.4 Å². The lowest BCUT2D eigenvalue weighted by Crippen LogP contribution is -2.40. The first-order valence-corrected chi connectivity index (χ1v) is 8.55. The van der Waals surface area contributed by atoms with E-state index in [0.29, 0.717) is 18.0 Å². The number of carbonyl (C=O) groups excluding carboxylic acids is 1. The molecule has 2 amide bonds. The Morgan fingerprint density at radius 3 is 2.35 bits per heavy atom. The first-order valence-electron chi connectivity index (χ1n) is 8.55. The van der Waals surface area contributed by atoms with E-state index in [0.717, 1.165) is 24.0 Å². The second-order valence-electron chi connectivity index (χ2n) is 6.12. The Kier molecular flexibility index (Phi) is 7.14. The normalized spacial score (nSPS) is 11.5. The molecule has 1 atom stereocenters. The number of nitrogens with one attached hydrogen (secondary N) is 2. The zero-order chi connectivity index (χ0) is 18.9. The molecular weight excluding hydrogens is 332 g/mol. The lowest BCUT2D eigenvalue weighted by molar-refractivity contribution is 0.237. The molecule has 2 aromatic rings. The number of rotatable bonds is 8. The summed E-state index contributed by atoms with van der Waals surface area (Å²) in [6.07, 6.45) is 1.64. The van der Waals surface area contributed by atoms with E-state index < -0.39 is 0 Å². The van der Waals surface area contributed by atoms with Crippen LogP contribution in [-0.4, -0.2) is 31.4 Å². The van der Waals surface area contributed by atoms with E-state index in [2.05, 4.69) is 10.6 Å². The van der Waals surface area contributed by atoms with E-state index >= 15 is 0 Å². The molecule has 0 aliphatic heterocycles. The standard InChI is InChI=1S/C20H26N2O4/c1-14(4-5-15-6-9-17(23)10-7-15)22-20(24)21-13-16-8-11-18(25-2)19(12-16)26-3/h6-12,14,23H,4-5,13H2,1-3H3,(H2,21,22,24)/t14-/m0/s1. The van der Waals surface area contributed by atoms with Crippen molar-refractivity contribution in [3.05, 3.63) is 53.6 Å². The van der Waals surface area contributed by atoms with Crippen molar-refractivity contribution in [3.63, 3.8) is 0 Å². The fourth-order valence-electron chi connectivity index (χ4n) is 2.57. The van der Waals surface area contributed by atoms with Gasteiger partial charge in [0.05, 0.1) is 14.2 Å². The van der Waals surface area contributed by atoms with E-state index in [-0.39, 0.29) is 17.8 Å². The second kappa shape index (κ2) is 9.56. The quantitative estimate of drug-likeness (QED) is 0.677. The minimum atomic E-state index is -0.210. The number of methoxy groups -OCH3 is 2. The van der Waals surface area contributed by atoms with Crippen LogP contribution in [0.1, 0.15) is 24.5 Å². The van der Waals surface area contributed by atoms with E-state index in [9.17, 15) is 9.90 Å². The number of ether oxygens (including phenoxy) is 2. The van der Waals surface area contributed by atoms with Gasteiger partial charge in [0.1, 0.15) is 5.75 Å². The minimum Gasteiger partial charge on any atom is -0.508 e. The molecule has 3 N–H and O–H groups in total. The average molecular weight is 358 g/mol. The summed E-state index contributed by atoms with van der Waals surface area (Å²) in [4.78, 5) is 12.0. The zero-order valence-electron chi connectivity index (χ0n) is 15.4. The molecule has 0 saturated carbocycles. The van der Waals surface area contributed by atoms with Crippen LogP contribution in [0, 0.1) is 0 Å². The Morgan fingerprint density at radius 1 is 1.04 bits per heavy atom. The monoisotopic (exact) mass is 358 g/mol. The maximum Gasteiger partial charge on any atom is 0.315 e. The van der Waals surface area contributed by atoms with Crippen LogP contribution in [0.5, 0.6) is 17.2 Å². The summed E-state index contributed by atoms with van der Waals surface area (Å²) >= 11 is 0. The third-order valence-electron chi connectivity index (χ3n) is 4.08. The maximum absolute atomic E-state index is 12.0. The molecule has 0 aliphatic carbocycles. The number of phenols is 1. The molecule has 2 rings (SSSR count). The Balaban J connectivity index is 1.76. The minimum absolute atomic E-state index is 0.0363. The van der Waals surface area contributed by atoms with Gasteiger partial charge in [0.15, 0.2) is 11.5 Å². The number of benzene rings is 2. The van der Waals surface area contributed by atoms with Crippen LogP contribution in [0.15, 0.2) is 42.5 Å². The molecule has 0 aliphatic rings. The summed E-state index contributed by atoms with van der Waals surface area (Å²) in [5, 5.41) is 15.1. The van der Waals surface area contributed by atoms with Crippen LogP contribution in [0.3, 0.4) is 0 Å². The van der Waals surface area contributed by atoms with Crippen molar-refractivity contribution in [1.82, 2.24) is 10.6 Å². The highest BCUT2D eigenvalue weighted by Gasteiger charge is 2.09. The van der Waals surface area contributed by atoms with Crippen molar-refractivity contribution >= 4 is 6.03 Å². The zero-order valence-corrected chi connectivity index (χ0v) is 15.4. The third kappa shape index (κ3) is 5.88. The number of phenolic OH excluding ortho intramolecular Hbond substituents is 1. The molecule has 0 saturated heterocycles. The van der Waals surface area contributed by atoms with Gasteiger partial charge in [-0.05, 0) is 55.2 Å². The highest BCUT2D eigenvalue weighted by atomic mass is 16.5. The van der Waals surface area contributed by atoms with Gasteiger partial charge in [-0.1, -0.05) is 18.2 Å². The Hall–Kier alpha value is -2.89. The highest BCUT2D eigenvalue weighted by Crippen LogP contribution is 2.27. The Labute approximate surface area is 154 Å². The van der Waals surface area contributed by atoms with Gasteiger partial charge in [0, 0.05) is 12.6 Å². The summed E-state index contributed by atoms with van der Waals surface area (Å²) in [5.74, 6) is 1.55.